The van der Waals surface area contributed by atoms with Crippen molar-refractivity contribution in [2.24, 2.45) is 0 Å². The molecule has 1 aromatic heterocycles. The highest BCUT2D eigenvalue weighted by Crippen LogP contribution is 2.22. The van der Waals surface area contributed by atoms with Crippen molar-refractivity contribution in [1.29, 1.82) is 0 Å². The fourth-order valence-corrected chi connectivity index (χ4v) is 4.32. The number of halogens is 2. The minimum Gasteiger partial charge on any atom is -0.355 e. The first-order chi connectivity index (χ1) is 14.3. The van der Waals surface area contributed by atoms with E-state index in [-0.39, 0.29) is 22.5 Å². The Morgan fingerprint density at radius 1 is 1.23 bits per heavy atom. The van der Waals surface area contributed by atoms with Crippen molar-refractivity contribution in [1.82, 2.24) is 10.3 Å². The van der Waals surface area contributed by atoms with Gasteiger partial charge in [0.25, 0.3) is 10.0 Å². The van der Waals surface area contributed by atoms with Crippen molar-refractivity contribution in [2.45, 2.75) is 43.5 Å². The largest absolute Gasteiger partial charge is 0.355 e. The number of pyridine rings is 1. The third-order valence-corrected chi connectivity index (χ3v) is 6.16. The number of aromatic nitrogens is 1. The number of nitrogens with one attached hydrogen (secondary N) is 2. The molecule has 0 radical (unpaired) electrons. The highest BCUT2D eigenvalue weighted by Gasteiger charge is 2.23. The van der Waals surface area contributed by atoms with Crippen LogP contribution in [0.1, 0.15) is 32.6 Å². The SMILES string of the molecule is CCCC(=O)NC1CCCN(c2ccc(S(=O)(=O)Nc3ccc(F)c(F)c3)cn2)C1. The number of sulfonamides is 1. The van der Waals surface area contributed by atoms with Crippen LogP contribution in [0.4, 0.5) is 20.3 Å². The summed E-state index contributed by atoms with van der Waals surface area (Å²) in [6.45, 7) is 3.31. The van der Waals surface area contributed by atoms with Gasteiger partial charge >= 0.3 is 0 Å². The number of carbonyl (C=O) groups excluding carboxylic acids is 1. The van der Waals surface area contributed by atoms with Crippen LogP contribution in [0, 0.1) is 11.6 Å². The van der Waals surface area contributed by atoms with Crippen LogP contribution in [0.2, 0.25) is 0 Å². The molecule has 1 atom stereocenters. The molecule has 2 aromatic rings. The summed E-state index contributed by atoms with van der Waals surface area (Å²) in [5.41, 5.74) is -0.0836. The van der Waals surface area contributed by atoms with E-state index in [0.29, 0.717) is 18.8 Å². The molecule has 7 nitrogen and oxygen atoms in total. The Labute approximate surface area is 174 Å². The van der Waals surface area contributed by atoms with Crippen molar-refractivity contribution in [2.75, 3.05) is 22.7 Å². The second-order valence-corrected chi connectivity index (χ2v) is 8.87. The Bertz CT molecular complexity index is 1000. The van der Waals surface area contributed by atoms with Gasteiger partial charge in [-0.3, -0.25) is 9.52 Å². The first-order valence-electron chi connectivity index (χ1n) is 9.76. The average Bonchev–Trinajstić information content (AvgIpc) is 2.71. The number of nitrogens with zero attached hydrogens (tertiary/aromatic N) is 2. The zero-order chi connectivity index (χ0) is 21.7. The predicted octanol–water partition coefficient (Wildman–Crippen LogP) is 3.05. The Morgan fingerprint density at radius 3 is 2.70 bits per heavy atom. The molecule has 1 saturated heterocycles. The first kappa shape index (κ1) is 21.9. The molecule has 1 aliphatic rings. The second-order valence-electron chi connectivity index (χ2n) is 7.19. The lowest BCUT2D eigenvalue weighted by atomic mass is 10.1. The summed E-state index contributed by atoms with van der Waals surface area (Å²) in [6, 6.07) is 5.78. The molecule has 2 heterocycles. The normalized spacial score (nSPS) is 16.9. The number of hydrogen-bond acceptors (Lipinski definition) is 5. The highest BCUT2D eigenvalue weighted by molar-refractivity contribution is 7.92. The maximum absolute atomic E-state index is 13.3. The second kappa shape index (κ2) is 9.38. The molecule has 1 aliphatic heterocycles. The molecule has 1 fully saturated rings. The summed E-state index contributed by atoms with van der Waals surface area (Å²) in [4.78, 5) is 18.0. The quantitative estimate of drug-likeness (QED) is 0.693. The first-order valence-corrected chi connectivity index (χ1v) is 11.2. The third kappa shape index (κ3) is 5.44. The predicted molar refractivity (Wildman–Crippen MR) is 110 cm³/mol. The zero-order valence-electron chi connectivity index (χ0n) is 16.6. The molecule has 1 amide bonds. The standard InChI is InChI=1S/C20H24F2N4O3S/c1-2-4-20(27)24-15-5-3-10-26(13-15)19-9-7-16(12-23-19)30(28,29)25-14-6-8-17(21)18(22)11-14/h6-9,11-12,15,25H,2-5,10,13H2,1H3,(H,24,27). The van der Waals surface area contributed by atoms with Gasteiger partial charge in [-0.25, -0.2) is 22.2 Å². The van der Waals surface area contributed by atoms with Crippen molar-refractivity contribution in [3.8, 4) is 0 Å². The maximum atomic E-state index is 13.3. The Morgan fingerprint density at radius 2 is 2.03 bits per heavy atom. The summed E-state index contributed by atoms with van der Waals surface area (Å²) < 4.78 is 53.5. The lowest BCUT2D eigenvalue weighted by Crippen LogP contribution is -2.48. The fraction of sp³-hybridized carbons (Fsp3) is 0.400. The van der Waals surface area contributed by atoms with Gasteiger partial charge in [0.05, 0.1) is 5.69 Å². The molecule has 10 heteroatoms. The van der Waals surface area contributed by atoms with Gasteiger partial charge in [-0.1, -0.05) is 6.92 Å². The monoisotopic (exact) mass is 438 g/mol. The van der Waals surface area contributed by atoms with E-state index in [1.165, 1.54) is 12.3 Å². The van der Waals surface area contributed by atoms with Gasteiger partial charge in [0, 0.05) is 37.8 Å². The van der Waals surface area contributed by atoms with Gasteiger partial charge in [-0.15, -0.1) is 0 Å². The van der Waals surface area contributed by atoms with Crippen LogP contribution in [-0.2, 0) is 14.8 Å². The van der Waals surface area contributed by atoms with Crippen LogP contribution >= 0.6 is 0 Å². The van der Waals surface area contributed by atoms with Crippen molar-refractivity contribution < 1.29 is 22.0 Å². The number of rotatable bonds is 7. The summed E-state index contributed by atoms with van der Waals surface area (Å²) in [7, 11) is -4.00. The minimum absolute atomic E-state index is 0.0260. The molecule has 1 aromatic carbocycles. The Hall–Kier alpha value is -2.75. The van der Waals surface area contributed by atoms with Crippen molar-refractivity contribution in [3.05, 3.63) is 48.2 Å². The molecule has 1 unspecified atom stereocenters. The van der Waals surface area contributed by atoms with E-state index in [4.69, 9.17) is 0 Å². The lowest BCUT2D eigenvalue weighted by Gasteiger charge is -2.34. The summed E-state index contributed by atoms with van der Waals surface area (Å²) in [5.74, 6) is -1.57. The zero-order valence-corrected chi connectivity index (χ0v) is 17.4. The van der Waals surface area contributed by atoms with Crippen molar-refractivity contribution in [3.63, 3.8) is 0 Å². The number of anilines is 2. The van der Waals surface area contributed by atoms with Gasteiger partial charge in [0.2, 0.25) is 5.91 Å². The Balaban J connectivity index is 1.67. The summed E-state index contributed by atoms with van der Waals surface area (Å²) in [6.07, 6.45) is 4.27. The van der Waals surface area contributed by atoms with Crippen LogP contribution < -0.4 is 14.9 Å². The molecular formula is C20H24F2N4O3S. The van der Waals surface area contributed by atoms with Crippen LogP contribution in [-0.4, -0.2) is 38.4 Å². The van der Waals surface area contributed by atoms with E-state index in [1.807, 2.05) is 11.8 Å². The van der Waals surface area contributed by atoms with Crippen LogP contribution in [0.15, 0.2) is 41.4 Å². The van der Waals surface area contributed by atoms with E-state index in [9.17, 15) is 22.0 Å². The molecule has 30 heavy (non-hydrogen) atoms. The highest BCUT2D eigenvalue weighted by atomic mass is 32.2. The molecular weight excluding hydrogens is 414 g/mol. The van der Waals surface area contributed by atoms with E-state index < -0.39 is 21.7 Å². The van der Waals surface area contributed by atoms with Gasteiger partial charge in [-0.05, 0) is 43.5 Å². The minimum atomic E-state index is -4.00. The van der Waals surface area contributed by atoms with Gasteiger partial charge < -0.3 is 10.2 Å². The van der Waals surface area contributed by atoms with E-state index >= 15 is 0 Å². The lowest BCUT2D eigenvalue weighted by molar-refractivity contribution is -0.121. The smallest absolute Gasteiger partial charge is 0.263 e. The molecule has 2 N–H and O–H groups in total. The van der Waals surface area contributed by atoms with E-state index in [2.05, 4.69) is 15.0 Å². The molecule has 162 valence electrons. The van der Waals surface area contributed by atoms with E-state index in [0.717, 1.165) is 44.0 Å². The molecule has 0 bridgehead atoms. The number of benzene rings is 1. The van der Waals surface area contributed by atoms with Crippen molar-refractivity contribution >= 4 is 27.4 Å². The molecule has 3 rings (SSSR count). The van der Waals surface area contributed by atoms with Gasteiger partial charge in [-0.2, -0.15) is 0 Å². The summed E-state index contributed by atoms with van der Waals surface area (Å²) >= 11 is 0. The van der Waals surface area contributed by atoms with Crippen LogP contribution in [0.5, 0.6) is 0 Å². The average molecular weight is 439 g/mol. The summed E-state index contributed by atoms with van der Waals surface area (Å²) in [5, 5.41) is 3.02. The number of amides is 1. The topological polar surface area (TPSA) is 91.4 Å². The molecule has 0 spiro atoms. The Kier molecular flexibility index (Phi) is 6.86. The van der Waals surface area contributed by atoms with Crippen LogP contribution in [0.3, 0.4) is 0 Å². The molecule has 0 aliphatic carbocycles. The third-order valence-electron chi connectivity index (χ3n) is 4.79. The number of carbonyl (C=O) groups is 1. The number of hydrogen-bond donors (Lipinski definition) is 2. The van der Waals surface area contributed by atoms with Gasteiger partial charge in [0.1, 0.15) is 10.7 Å². The van der Waals surface area contributed by atoms with E-state index in [1.54, 1.807) is 6.07 Å². The van der Waals surface area contributed by atoms with Crippen LogP contribution in [0.25, 0.3) is 0 Å². The maximum Gasteiger partial charge on any atom is 0.263 e. The molecule has 0 saturated carbocycles. The fourth-order valence-electron chi connectivity index (χ4n) is 3.32. The number of piperidine rings is 1. The van der Waals surface area contributed by atoms with Gasteiger partial charge in [0.15, 0.2) is 11.6 Å².